The average molecular weight is 460 g/mol. The fraction of sp³-hybridized carbons (Fsp3) is 0.333. The van der Waals surface area contributed by atoms with Gasteiger partial charge in [-0.25, -0.2) is 9.59 Å². The number of thiophene rings is 1. The maximum Gasteiger partial charge on any atom is 0.328 e. The summed E-state index contributed by atoms with van der Waals surface area (Å²) in [5.74, 6) is 4.65. The van der Waals surface area contributed by atoms with E-state index in [0.717, 1.165) is 23.5 Å². The summed E-state index contributed by atoms with van der Waals surface area (Å²) < 4.78 is 5.67. The van der Waals surface area contributed by atoms with Crippen molar-refractivity contribution in [2.75, 3.05) is 6.61 Å². The number of aliphatic hydroxyl groups is 1. The highest BCUT2D eigenvalue weighted by Gasteiger charge is 2.09. The molecule has 5 N–H and O–H groups in total. The Morgan fingerprint density at radius 3 is 2.34 bits per heavy atom. The molecule has 0 fully saturated rings. The lowest BCUT2D eigenvalue weighted by molar-refractivity contribution is -0.134. The number of aliphatic hydroxyl groups excluding tert-OH is 1. The van der Waals surface area contributed by atoms with Crippen molar-refractivity contribution in [1.29, 1.82) is 0 Å². The smallest absolute Gasteiger partial charge is 0.328 e. The van der Waals surface area contributed by atoms with Gasteiger partial charge in [0.25, 0.3) is 0 Å². The molecule has 0 amide bonds. The van der Waals surface area contributed by atoms with E-state index in [1.165, 1.54) is 16.0 Å². The zero-order valence-corrected chi connectivity index (χ0v) is 19.2. The van der Waals surface area contributed by atoms with Crippen LogP contribution in [-0.4, -0.2) is 40.1 Å². The minimum Gasteiger partial charge on any atom is -0.481 e. The summed E-state index contributed by atoms with van der Waals surface area (Å²) in [7, 11) is 0. The SMILES string of the molecule is Cc1ccc(OCC#Cc2ccc(CC[C@@H](C)C(N)O)s2)cc1C.O=C(O)C=CC(=O)O. The molecular weight excluding hydrogens is 430 g/mol. The van der Waals surface area contributed by atoms with Crippen molar-refractivity contribution in [3.05, 3.63) is 63.4 Å². The van der Waals surface area contributed by atoms with Crippen molar-refractivity contribution < 1.29 is 29.6 Å². The lowest BCUT2D eigenvalue weighted by Crippen LogP contribution is -2.27. The van der Waals surface area contributed by atoms with Gasteiger partial charge in [-0.15, -0.1) is 11.3 Å². The van der Waals surface area contributed by atoms with Crippen LogP contribution in [0.25, 0.3) is 0 Å². The van der Waals surface area contributed by atoms with Crippen LogP contribution in [0.4, 0.5) is 0 Å². The Hall–Kier alpha value is -3.12. The van der Waals surface area contributed by atoms with Gasteiger partial charge in [-0.2, -0.15) is 0 Å². The Morgan fingerprint density at radius 2 is 1.78 bits per heavy atom. The fourth-order valence-corrected chi connectivity index (χ4v) is 3.21. The minimum absolute atomic E-state index is 0.105. The van der Waals surface area contributed by atoms with Gasteiger partial charge in [-0.05, 0) is 68.0 Å². The Bertz CT molecular complexity index is 968. The number of hydrogen-bond donors (Lipinski definition) is 4. The number of aliphatic carboxylic acids is 2. The van der Waals surface area contributed by atoms with E-state index in [9.17, 15) is 14.7 Å². The van der Waals surface area contributed by atoms with Crippen LogP contribution in [0.5, 0.6) is 5.75 Å². The van der Waals surface area contributed by atoms with E-state index in [0.29, 0.717) is 18.8 Å². The summed E-state index contributed by atoms with van der Waals surface area (Å²) in [6.07, 6.45) is 2.17. The fourth-order valence-electron chi connectivity index (χ4n) is 2.31. The summed E-state index contributed by atoms with van der Waals surface area (Å²) in [4.78, 5) is 21.4. The van der Waals surface area contributed by atoms with E-state index >= 15 is 0 Å². The van der Waals surface area contributed by atoms with Crippen molar-refractivity contribution in [1.82, 2.24) is 0 Å². The molecule has 1 unspecified atom stereocenters. The molecular formula is C24H29NO6S. The molecule has 1 aromatic carbocycles. The lowest BCUT2D eigenvalue weighted by Gasteiger charge is -2.12. The first-order valence-corrected chi connectivity index (χ1v) is 10.7. The highest BCUT2D eigenvalue weighted by molar-refractivity contribution is 7.12. The number of nitrogens with two attached hydrogens (primary N) is 1. The summed E-state index contributed by atoms with van der Waals surface area (Å²) in [5.41, 5.74) is 7.96. The zero-order chi connectivity index (χ0) is 24.1. The first kappa shape index (κ1) is 26.9. The number of rotatable bonds is 8. The number of hydrogen-bond acceptors (Lipinski definition) is 6. The van der Waals surface area contributed by atoms with Crippen molar-refractivity contribution in [2.24, 2.45) is 11.7 Å². The third kappa shape index (κ3) is 11.3. The minimum atomic E-state index is -1.26. The summed E-state index contributed by atoms with van der Waals surface area (Å²) in [6.45, 7) is 6.50. The van der Waals surface area contributed by atoms with E-state index in [2.05, 4.69) is 37.8 Å². The van der Waals surface area contributed by atoms with E-state index in [-0.39, 0.29) is 5.92 Å². The zero-order valence-electron chi connectivity index (χ0n) is 18.4. The van der Waals surface area contributed by atoms with E-state index in [4.69, 9.17) is 20.7 Å². The monoisotopic (exact) mass is 459 g/mol. The third-order valence-electron chi connectivity index (χ3n) is 4.46. The maximum atomic E-state index is 9.55. The van der Waals surface area contributed by atoms with Crippen molar-refractivity contribution in [2.45, 2.75) is 39.8 Å². The maximum absolute atomic E-state index is 9.55. The molecule has 0 saturated carbocycles. The lowest BCUT2D eigenvalue weighted by atomic mass is 10.0. The summed E-state index contributed by atoms with van der Waals surface area (Å²) >= 11 is 1.69. The van der Waals surface area contributed by atoms with Gasteiger partial charge in [0.2, 0.25) is 0 Å². The van der Waals surface area contributed by atoms with Crippen LogP contribution in [-0.2, 0) is 16.0 Å². The number of benzene rings is 1. The van der Waals surface area contributed by atoms with E-state index in [1.807, 2.05) is 25.1 Å². The van der Waals surface area contributed by atoms with Crippen LogP contribution in [0.1, 0.15) is 34.2 Å². The largest absolute Gasteiger partial charge is 0.481 e. The molecule has 2 rings (SSSR count). The predicted molar refractivity (Wildman–Crippen MR) is 125 cm³/mol. The molecule has 0 spiro atoms. The van der Waals surface area contributed by atoms with Crippen LogP contribution in [0.3, 0.4) is 0 Å². The highest BCUT2D eigenvalue weighted by atomic mass is 32.1. The second kappa shape index (κ2) is 14.0. The number of carbonyl (C=O) groups is 2. The van der Waals surface area contributed by atoms with Gasteiger partial charge in [0.1, 0.15) is 18.6 Å². The van der Waals surface area contributed by atoms with Crippen LogP contribution in [0, 0.1) is 31.6 Å². The summed E-state index contributed by atoms with van der Waals surface area (Å²) in [5, 5.41) is 24.9. The molecule has 0 aliphatic heterocycles. The molecule has 172 valence electrons. The van der Waals surface area contributed by atoms with Crippen molar-refractivity contribution in [3.8, 4) is 17.6 Å². The van der Waals surface area contributed by atoms with Crippen LogP contribution in [0.2, 0.25) is 0 Å². The standard InChI is InChI=1S/C20H25NO2S.C4H4O4/c1-14-6-8-17(13-16(14)3)23-12-4-5-18-10-11-19(24-18)9-7-15(2)20(21)22;5-3(6)1-2-4(7)8/h6,8,10-11,13,15,20,22H,7,9,12,21H2,1-3H3;1-2H,(H,5,6)(H,7,8)/t15-,20?;/m1./s1. The van der Waals surface area contributed by atoms with E-state index < -0.39 is 18.2 Å². The second-order valence-corrected chi connectivity index (χ2v) is 8.29. The first-order valence-electron chi connectivity index (χ1n) is 9.93. The molecule has 2 aromatic rings. The van der Waals surface area contributed by atoms with Gasteiger partial charge in [-0.1, -0.05) is 24.8 Å². The van der Waals surface area contributed by atoms with Crippen molar-refractivity contribution >= 4 is 23.3 Å². The van der Waals surface area contributed by atoms with Crippen LogP contribution < -0.4 is 10.5 Å². The number of ether oxygens (including phenoxy) is 1. The molecule has 1 heterocycles. The molecule has 0 bridgehead atoms. The Morgan fingerprint density at radius 1 is 1.12 bits per heavy atom. The number of aryl methyl sites for hydroxylation is 3. The quantitative estimate of drug-likeness (QED) is 0.270. The molecule has 32 heavy (non-hydrogen) atoms. The average Bonchev–Trinajstić information content (AvgIpc) is 3.18. The molecule has 1 aromatic heterocycles. The molecule has 0 aliphatic carbocycles. The van der Waals surface area contributed by atoms with E-state index in [1.54, 1.807) is 11.3 Å². The normalized spacial score (nSPS) is 12.2. The molecule has 2 atom stereocenters. The topological polar surface area (TPSA) is 130 Å². The van der Waals surface area contributed by atoms with Crippen LogP contribution >= 0.6 is 11.3 Å². The van der Waals surface area contributed by atoms with Crippen molar-refractivity contribution in [3.63, 3.8) is 0 Å². The predicted octanol–water partition coefficient (Wildman–Crippen LogP) is 3.35. The van der Waals surface area contributed by atoms with Gasteiger partial charge in [0.15, 0.2) is 0 Å². The summed E-state index contributed by atoms with van der Waals surface area (Å²) in [6, 6.07) is 10.2. The molecule has 7 nitrogen and oxygen atoms in total. The first-order chi connectivity index (χ1) is 15.1. The van der Waals surface area contributed by atoms with Gasteiger partial charge < -0.3 is 25.8 Å². The van der Waals surface area contributed by atoms with Gasteiger partial charge in [-0.3, -0.25) is 0 Å². The van der Waals surface area contributed by atoms with Gasteiger partial charge in [0.05, 0.1) is 4.88 Å². The molecule has 8 heteroatoms. The van der Waals surface area contributed by atoms with Gasteiger partial charge in [0, 0.05) is 17.0 Å². The number of carboxylic acid groups (broad SMARTS) is 2. The molecule has 0 radical (unpaired) electrons. The Kier molecular flexibility index (Phi) is 11.8. The Balaban J connectivity index is 0.000000547. The Labute approximate surface area is 192 Å². The highest BCUT2D eigenvalue weighted by Crippen LogP contribution is 2.20. The third-order valence-corrected chi connectivity index (χ3v) is 5.52. The second-order valence-electron chi connectivity index (χ2n) is 7.12. The molecule has 0 saturated heterocycles. The van der Waals surface area contributed by atoms with Gasteiger partial charge >= 0.3 is 11.9 Å². The number of carboxylic acids is 2. The van der Waals surface area contributed by atoms with Crippen LogP contribution in [0.15, 0.2) is 42.5 Å². The molecule has 0 aliphatic rings.